The van der Waals surface area contributed by atoms with Crippen molar-refractivity contribution < 1.29 is 39.9 Å². The van der Waals surface area contributed by atoms with Gasteiger partial charge in [-0.1, -0.05) is 0 Å². The summed E-state index contributed by atoms with van der Waals surface area (Å²) < 4.78 is 108. The molecular formula is C21H21F8N5O. The molecule has 0 bridgehead atoms. The van der Waals surface area contributed by atoms with Gasteiger partial charge in [0.2, 0.25) is 11.7 Å². The fourth-order valence-electron chi connectivity index (χ4n) is 4.80. The number of hydrogen-bond acceptors (Lipinski definition) is 4. The average Bonchev–Trinajstić information content (AvgIpc) is 3.21. The van der Waals surface area contributed by atoms with Crippen LogP contribution < -0.4 is 5.73 Å². The molecule has 0 aliphatic carbocycles. The van der Waals surface area contributed by atoms with E-state index in [1.807, 2.05) is 0 Å². The molecule has 3 heterocycles. The van der Waals surface area contributed by atoms with E-state index in [-0.39, 0.29) is 50.2 Å². The lowest BCUT2D eigenvalue weighted by Gasteiger charge is -2.43. The molecule has 1 amide bonds. The predicted molar refractivity (Wildman–Crippen MR) is 105 cm³/mol. The predicted octanol–water partition coefficient (Wildman–Crippen LogP) is 3.65. The molecule has 6 nitrogen and oxygen atoms in total. The van der Waals surface area contributed by atoms with Gasteiger partial charge in [0.25, 0.3) is 0 Å². The van der Waals surface area contributed by atoms with Crippen LogP contribution >= 0.6 is 0 Å². The van der Waals surface area contributed by atoms with E-state index in [2.05, 4.69) is 10.2 Å². The molecule has 14 heteroatoms. The fourth-order valence-corrected chi connectivity index (χ4v) is 4.80. The first kappa shape index (κ1) is 25.3. The topological polar surface area (TPSA) is 77.0 Å². The van der Waals surface area contributed by atoms with Gasteiger partial charge in [0.1, 0.15) is 11.6 Å². The lowest BCUT2D eigenvalue weighted by Crippen LogP contribution is -2.48. The van der Waals surface area contributed by atoms with Crippen LogP contribution in [0, 0.1) is 23.4 Å². The standard InChI is InChI=1S/C21H21F8N5O/c22-13-8-15(24)14(23)6-11(13)5-12(30)7-18(35)33-4-3-16-10(9-33)1-2-17-31-32-19(34(16)17)20(25,26)21(27,28)29/h6,8,10,12,16H,1-5,7,9,30H2/t10-,12+,16+/m0/s1. The second-order valence-electron chi connectivity index (χ2n) is 8.90. The molecule has 192 valence electrons. The van der Waals surface area contributed by atoms with Crippen LogP contribution in [0.15, 0.2) is 12.1 Å². The Morgan fingerprint density at radius 3 is 2.43 bits per heavy atom. The third kappa shape index (κ3) is 4.71. The molecule has 0 saturated carbocycles. The summed E-state index contributed by atoms with van der Waals surface area (Å²) >= 11 is 0. The first-order valence-corrected chi connectivity index (χ1v) is 10.8. The largest absolute Gasteiger partial charge is 0.461 e. The van der Waals surface area contributed by atoms with Crippen LogP contribution in [0.4, 0.5) is 35.1 Å². The number of piperidine rings is 1. The normalized spacial score (nSPS) is 21.5. The van der Waals surface area contributed by atoms with Gasteiger partial charge in [-0.25, -0.2) is 13.2 Å². The van der Waals surface area contributed by atoms with Gasteiger partial charge in [-0.2, -0.15) is 22.0 Å². The molecule has 1 aromatic carbocycles. The van der Waals surface area contributed by atoms with Gasteiger partial charge in [0, 0.05) is 44.1 Å². The van der Waals surface area contributed by atoms with E-state index in [0.717, 1.165) is 4.57 Å². The first-order valence-electron chi connectivity index (χ1n) is 10.8. The van der Waals surface area contributed by atoms with E-state index in [9.17, 15) is 39.9 Å². The Hall–Kier alpha value is -2.77. The molecule has 35 heavy (non-hydrogen) atoms. The number of fused-ring (bicyclic) bond motifs is 3. The van der Waals surface area contributed by atoms with Crippen LogP contribution in [0.1, 0.15) is 42.5 Å². The zero-order chi connectivity index (χ0) is 25.7. The first-order chi connectivity index (χ1) is 16.3. The third-order valence-electron chi connectivity index (χ3n) is 6.53. The highest BCUT2D eigenvalue weighted by Gasteiger charge is 2.63. The number of hydrogen-bond donors (Lipinski definition) is 1. The summed E-state index contributed by atoms with van der Waals surface area (Å²) in [5.74, 6) is -11.0. The molecule has 3 atom stereocenters. The van der Waals surface area contributed by atoms with Gasteiger partial charge in [-0.3, -0.25) is 4.79 Å². The molecule has 2 aliphatic heterocycles. The number of halogens is 8. The van der Waals surface area contributed by atoms with Crippen molar-refractivity contribution in [3.8, 4) is 0 Å². The zero-order valence-corrected chi connectivity index (χ0v) is 18.1. The van der Waals surface area contributed by atoms with Gasteiger partial charge in [-0.05, 0) is 36.8 Å². The van der Waals surface area contributed by atoms with Crippen molar-refractivity contribution in [1.29, 1.82) is 0 Å². The maximum atomic E-state index is 14.0. The number of likely N-dealkylation sites (tertiary alicyclic amines) is 1. The molecule has 1 saturated heterocycles. The Morgan fingerprint density at radius 1 is 1.06 bits per heavy atom. The lowest BCUT2D eigenvalue weighted by atomic mass is 9.84. The summed E-state index contributed by atoms with van der Waals surface area (Å²) in [6, 6.07) is -0.574. The zero-order valence-electron chi connectivity index (χ0n) is 18.1. The Labute approximate surface area is 194 Å². The molecular weight excluding hydrogens is 490 g/mol. The molecule has 2 N–H and O–H groups in total. The Bertz CT molecular complexity index is 1120. The highest BCUT2D eigenvalue weighted by molar-refractivity contribution is 5.77. The number of carbonyl (C=O) groups excluding carboxylic acids is 1. The SMILES string of the molecule is N[C@@H](CC(=O)N1CC[C@@H]2[C@@H](CCc3nnc(C(F)(F)C(F)(F)F)n32)C1)Cc1cc(F)c(F)cc1F. The monoisotopic (exact) mass is 511 g/mol. The Morgan fingerprint density at radius 2 is 1.74 bits per heavy atom. The quantitative estimate of drug-likeness (QED) is 0.491. The van der Waals surface area contributed by atoms with Crippen molar-refractivity contribution in [3.63, 3.8) is 0 Å². The van der Waals surface area contributed by atoms with E-state index in [0.29, 0.717) is 18.6 Å². The summed E-state index contributed by atoms with van der Waals surface area (Å²) in [7, 11) is 0. The number of aryl methyl sites for hydroxylation is 1. The lowest BCUT2D eigenvalue weighted by molar-refractivity contribution is -0.294. The van der Waals surface area contributed by atoms with Gasteiger partial charge in [0.15, 0.2) is 11.6 Å². The number of nitrogens with zero attached hydrogens (tertiary/aromatic N) is 4. The fraction of sp³-hybridized carbons (Fsp3) is 0.571. The number of rotatable bonds is 5. The van der Waals surface area contributed by atoms with Crippen molar-refractivity contribution >= 4 is 5.91 Å². The van der Waals surface area contributed by atoms with Crippen LogP contribution in [0.3, 0.4) is 0 Å². The van der Waals surface area contributed by atoms with Crippen LogP contribution in [-0.2, 0) is 23.6 Å². The highest BCUT2D eigenvalue weighted by atomic mass is 19.4. The molecule has 4 rings (SSSR count). The minimum atomic E-state index is -5.83. The molecule has 1 fully saturated rings. The minimum Gasteiger partial charge on any atom is -0.342 e. The van der Waals surface area contributed by atoms with Gasteiger partial charge in [-0.15, -0.1) is 10.2 Å². The van der Waals surface area contributed by atoms with Crippen molar-refractivity contribution in [2.45, 2.75) is 56.3 Å². The van der Waals surface area contributed by atoms with Crippen LogP contribution in [0.25, 0.3) is 0 Å². The number of amides is 1. The smallest absolute Gasteiger partial charge is 0.342 e. The molecule has 2 aromatic rings. The van der Waals surface area contributed by atoms with E-state index in [1.165, 1.54) is 4.90 Å². The summed E-state index contributed by atoms with van der Waals surface area (Å²) in [5, 5.41) is 6.68. The van der Waals surface area contributed by atoms with Crippen molar-refractivity contribution in [1.82, 2.24) is 19.7 Å². The van der Waals surface area contributed by atoms with Crippen molar-refractivity contribution in [3.05, 3.63) is 46.8 Å². The summed E-state index contributed by atoms with van der Waals surface area (Å²) in [6.45, 7) is 0.172. The van der Waals surface area contributed by atoms with Gasteiger partial charge < -0.3 is 15.2 Å². The maximum absolute atomic E-state index is 14.0. The van der Waals surface area contributed by atoms with Crippen molar-refractivity contribution in [2.75, 3.05) is 13.1 Å². The molecule has 1 aromatic heterocycles. The highest BCUT2D eigenvalue weighted by Crippen LogP contribution is 2.46. The maximum Gasteiger partial charge on any atom is 0.461 e. The molecule has 0 spiro atoms. The average molecular weight is 511 g/mol. The Balaban J connectivity index is 1.43. The molecule has 2 aliphatic rings. The van der Waals surface area contributed by atoms with Gasteiger partial charge >= 0.3 is 12.1 Å². The number of benzene rings is 1. The second kappa shape index (κ2) is 9.03. The number of aromatic nitrogens is 3. The van der Waals surface area contributed by atoms with E-state index in [1.54, 1.807) is 0 Å². The third-order valence-corrected chi connectivity index (χ3v) is 6.53. The van der Waals surface area contributed by atoms with Gasteiger partial charge in [0.05, 0.1) is 0 Å². The summed E-state index contributed by atoms with van der Waals surface area (Å²) in [5.41, 5.74) is 5.73. The molecule has 0 unspecified atom stereocenters. The second-order valence-corrected chi connectivity index (χ2v) is 8.90. The Kier molecular flexibility index (Phi) is 6.53. The van der Waals surface area contributed by atoms with E-state index < -0.39 is 59.3 Å². The molecule has 0 radical (unpaired) electrons. The summed E-state index contributed by atoms with van der Waals surface area (Å²) in [4.78, 5) is 14.2. The van der Waals surface area contributed by atoms with Crippen LogP contribution in [-0.4, -0.2) is 50.9 Å². The van der Waals surface area contributed by atoms with Crippen LogP contribution in [0.5, 0.6) is 0 Å². The van der Waals surface area contributed by atoms with E-state index in [4.69, 9.17) is 5.73 Å². The number of alkyl halides is 5. The summed E-state index contributed by atoms with van der Waals surface area (Å²) in [6.07, 6.45) is -5.66. The van der Waals surface area contributed by atoms with Crippen molar-refractivity contribution in [2.24, 2.45) is 11.7 Å². The van der Waals surface area contributed by atoms with E-state index >= 15 is 0 Å². The van der Waals surface area contributed by atoms with Crippen LogP contribution in [0.2, 0.25) is 0 Å². The number of nitrogens with two attached hydrogens (primary N) is 1. The minimum absolute atomic E-state index is 0.0422. The number of carbonyl (C=O) groups is 1.